The van der Waals surface area contributed by atoms with Gasteiger partial charge in [-0.25, -0.2) is 0 Å². The molecule has 1 aliphatic heterocycles. The van der Waals surface area contributed by atoms with E-state index in [0.717, 1.165) is 31.8 Å². The fraction of sp³-hybridized carbons (Fsp3) is 0.150. The average molecular weight is 414 g/mol. The number of hydrogen-bond acceptors (Lipinski definition) is 3. The summed E-state index contributed by atoms with van der Waals surface area (Å²) in [5, 5.41) is 3.08. The fourth-order valence-electron chi connectivity index (χ4n) is 2.91. The van der Waals surface area contributed by atoms with Crippen molar-refractivity contribution in [2.75, 3.05) is 0 Å². The van der Waals surface area contributed by atoms with Gasteiger partial charge in [-0.2, -0.15) is 0 Å². The lowest BCUT2D eigenvalue weighted by molar-refractivity contribution is 0.0944. The van der Waals surface area contributed by atoms with E-state index in [1.54, 1.807) is 0 Å². The summed E-state index contributed by atoms with van der Waals surface area (Å²) in [5.41, 5.74) is 3.21. The second kappa shape index (κ2) is 6.65. The van der Waals surface area contributed by atoms with E-state index in [1.165, 1.54) is 11.3 Å². The SMILES string of the molecule is C[C@@H](NC(=O)c1cc2c(s1)-c1ccccc1OC2)c1ccc(Br)cc1. The van der Waals surface area contributed by atoms with Gasteiger partial charge in [0, 0.05) is 20.5 Å². The van der Waals surface area contributed by atoms with Crippen LogP contribution in [0.4, 0.5) is 0 Å². The summed E-state index contributed by atoms with van der Waals surface area (Å²) < 4.78 is 6.80. The van der Waals surface area contributed by atoms with Crippen molar-refractivity contribution in [3.63, 3.8) is 0 Å². The molecule has 0 radical (unpaired) electrons. The van der Waals surface area contributed by atoms with Gasteiger partial charge < -0.3 is 10.1 Å². The third-order valence-corrected chi connectivity index (χ3v) is 6.00. The third-order valence-electron chi connectivity index (χ3n) is 4.27. The lowest BCUT2D eigenvalue weighted by atomic mass is 10.1. The molecule has 0 aliphatic carbocycles. The molecule has 0 spiro atoms. The Kier molecular flexibility index (Phi) is 4.36. The summed E-state index contributed by atoms with van der Waals surface area (Å²) in [6.45, 7) is 2.51. The summed E-state index contributed by atoms with van der Waals surface area (Å²) in [6.07, 6.45) is 0. The zero-order chi connectivity index (χ0) is 17.4. The molecule has 3 aromatic rings. The molecule has 126 valence electrons. The van der Waals surface area contributed by atoms with Crippen molar-refractivity contribution < 1.29 is 9.53 Å². The second-order valence-corrected chi connectivity index (χ2v) is 7.96. The predicted molar refractivity (Wildman–Crippen MR) is 104 cm³/mol. The molecule has 4 rings (SSSR count). The van der Waals surface area contributed by atoms with Crippen molar-refractivity contribution in [1.29, 1.82) is 0 Å². The summed E-state index contributed by atoms with van der Waals surface area (Å²) in [7, 11) is 0. The molecule has 0 bridgehead atoms. The Morgan fingerprint density at radius 2 is 1.96 bits per heavy atom. The molecule has 0 fully saturated rings. The Morgan fingerprint density at radius 3 is 2.76 bits per heavy atom. The molecule has 3 nitrogen and oxygen atoms in total. The molecule has 25 heavy (non-hydrogen) atoms. The Labute approximate surface area is 158 Å². The number of fused-ring (bicyclic) bond motifs is 3. The highest BCUT2D eigenvalue weighted by molar-refractivity contribution is 9.10. The highest BCUT2D eigenvalue weighted by atomic mass is 79.9. The van der Waals surface area contributed by atoms with E-state index < -0.39 is 0 Å². The van der Waals surface area contributed by atoms with Gasteiger partial charge in [0.05, 0.1) is 10.9 Å². The molecule has 1 aliphatic rings. The quantitative estimate of drug-likeness (QED) is 0.609. The highest BCUT2D eigenvalue weighted by Crippen LogP contribution is 2.42. The first-order valence-electron chi connectivity index (χ1n) is 8.03. The maximum atomic E-state index is 12.7. The first-order chi connectivity index (χ1) is 12.1. The lowest BCUT2D eigenvalue weighted by Gasteiger charge is -2.16. The molecule has 1 aromatic heterocycles. The Hall–Kier alpha value is -2.11. The van der Waals surface area contributed by atoms with Gasteiger partial charge in [-0.1, -0.05) is 40.2 Å². The van der Waals surface area contributed by atoms with Crippen LogP contribution in [-0.4, -0.2) is 5.91 Å². The fourth-order valence-corrected chi connectivity index (χ4v) is 4.28. The van der Waals surface area contributed by atoms with Crippen LogP contribution in [0.1, 0.15) is 33.8 Å². The minimum atomic E-state index is -0.0525. The van der Waals surface area contributed by atoms with Crippen molar-refractivity contribution in [3.05, 3.63) is 75.1 Å². The van der Waals surface area contributed by atoms with Crippen LogP contribution < -0.4 is 10.1 Å². The number of hydrogen-bond donors (Lipinski definition) is 1. The van der Waals surface area contributed by atoms with Crippen LogP contribution in [0, 0.1) is 0 Å². The van der Waals surface area contributed by atoms with Crippen molar-refractivity contribution in [3.8, 4) is 16.2 Å². The van der Waals surface area contributed by atoms with Gasteiger partial charge in [0.15, 0.2) is 0 Å². The van der Waals surface area contributed by atoms with Gasteiger partial charge in [0.25, 0.3) is 5.91 Å². The first kappa shape index (κ1) is 16.4. The first-order valence-corrected chi connectivity index (χ1v) is 9.64. The van der Waals surface area contributed by atoms with E-state index in [-0.39, 0.29) is 11.9 Å². The van der Waals surface area contributed by atoms with Gasteiger partial charge in [0.1, 0.15) is 12.4 Å². The van der Waals surface area contributed by atoms with E-state index in [2.05, 4.69) is 21.2 Å². The molecule has 0 saturated carbocycles. The zero-order valence-corrected chi connectivity index (χ0v) is 16.0. The van der Waals surface area contributed by atoms with Gasteiger partial charge in [-0.05, 0) is 42.8 Å². The number of ether oxygens (including phenoxy) is 1. The minimum absolute atomic E-state index is 0.0488. The molecule has 1 N–H and O–H groups in total. The Bertz CT molecular complexity index is 933. The molecule has 1 atom stereocenters. The third kappa shape index (κ3) is 3.22. The summed E-state index contributed by atoms with van der Waals surface area (Å²) in [6, 6.07) is 17.8. The van der Waals surface area contributed by atoms with Crippen molar-refractivity contribution in [2.24, 2.45) is 0 Å². The number of carbonyl (C=O) groups excluding carboxylic acids is 1. The molecule has 2 aromatic carbocycles. The van der Waals surface area contributed by atoms with Crippen LogP contribution in [0.25, 0.3) is 10.4 Å². The highest BCUT2D eigenvalue weighted by Gasteiger charge is 2.23. The number of para-hydroxylation sites is 1. The molecule has 1 amide bonds. The van der Waals surface area contributed by atoms with E-state index in [9.17, 15) is 4.79 Å². The molecular formula is C20H16BrNO2S. The number of nitrogens with one attached hydrogen (secondary N) is 1. The van der Waals surface area contributed by atoms with E-state index in [1.807, 2.05) is 61.5 Å². The number of rotatable bonds is 3. The molecule has 0 saturated heterocycles. The van der Waals surface area contributed by atoms with Gasteiger partial charge >= 0.3 is 0 Å². The number of amides is 1. The Balaban J connectivity index is 1.56. The van der Waals surface area contributed by atoms with Gasteiger partial charge in [0.2, 0.25) is 0 Å². The molecular weight excluding hydrogens is 398 g/mol. The number of carbonyl (C=O) groups is 1. The van der Waals surface area contributed by atoms with E-state index in [4.69, 9.17) is 4.74 Å². The zero-order valence-electron chi connectivity index (χ0n) is 13.6. The molecule has 5 heteroatoms. The van der Waals surface area contributed by atoms with Crippen molar-refractivity contribution in [1.82, 2.24) is 5.32 Å². The summed E-state index contributed by atoms with van der Waals surface area (Å²) >= 11 is 4.96. The number of thiophene rings is 1. The lowest BCUT2D eigenvalue weighted by Crippen LogP contribution is -2.25. The second-order valence-electron chi connectivity index (χ2n) is 6.00. The van der Waals surface area contributed by atoms with Gasteiger partial charge in [-0.15, -0.1) is 11.3 Å². The van der Waals surface area contributed by atoms with E-state index >= 15 is 0 Å². The van der Waals surface area contributed by atoms with Crippen LogP contribution in [0.2, 0.25) is 0 Å². The van der Waals surface area contributed by atoms with Crippen LogP contribution in [-0.2, 0) is 6.61 Å². The summed E-state index contributed by atoms with van der Waals surface area (Å²) in [4.78, 5) is 14.5. The minimum Gasteiger partial charge on any atom is -0.488 e. The number of benzene rings is 2. The topological polar surface area (TPSA) is 38.3 Å². The normalized spacial score (nSPS) is 13.4. The maximum Gasteiger partial charge on any atom is 0.261 e. The van der Waals surface area contributed by atoms with Crippen molar-refractivity contribution >= 4 is 33.2 Å². The van der Waals surface area contributed by atoms with Crippen LogP contribution in [0.5, 0.6) is 5.75 Å². The maximum absolute atomic E-state index is 12.7. The van der Waals surface area contributed by atoms with Gasteiger partial charge in [-0.3, -0.25) is 4.79 Å². The largest absolute Gasteiger partial charge is 0.488 e. The molecule has 0 unspecified atom stereocenters. The summed E-state index contributed by atoms with van der Waals surface area (Å²) in [5.74, 6) is 0.833. The Morgan fingerprint density at radius 1 is 1.20 bits per heavy atom. The predicted octanol–water partition coefficient (Wildman–Crippen LogP) is 5.56. The standard InChI is InChI=1S/C20H16BrNO2S/c1-12(13-6-8-15(21)9-7-13)22-20(23)18-10-14-11-24-17-5-3-2-4-16(17)19(14)25-18/h2-10,12H,11H2,1H3,(H,22,23)/t12-/m1/s1. The van der Waals surface area contributed by atoms with Crippen molar-refractivity contribution in [2.45, 2.75) is 19.6 Å². The monoisotopic (exact) mass is 413 g/mol. The van der Waals surface area contributed by atoms with Crippen LogP contribution in [0.3, 0.4) is 0 Å². The number of halogens is 1. The van der Waals surface area contributed by atoms with E-state index in [0.29, 0.717) is 11.5 Å². The van der Waals surface area contributed by atoms with Crippen LogP contribution in [0.15, 0.2) is 59.1 Å². The molecule has 2 heterocycles. The average Bonchev–Trinajstić information content (AvgIpc) is 3.07. The smallest absolute Gasteiger partial charge is 0.261 e. The van der Waals surface area contributed by atoms with Crippen LogP contribution >= 0.6 is 27.3 Å².